The van der Waals surface area contributed by atoms with E-state index in [9.17, 15) is 0 Å². The lowest BCUT2D eigenvalue weighted by atomic mass is 10.2. The molecule has 0 radical (unpaired) electrons. The summed E-state index contributed by atoms with van der Waals surface area (Å²) < 4.78 is 8.24. The van der Waals surface area contributed by atoms with E-state index in [-0.39, 0.29) is 0 Å². The number of imidazole rings is 1. The van der Waals surface area contributed by atoms with Gasteiger partial charge in [-0.2, -0.15) is 0 Å². The van der Waals surface area contributed by atoms with Crippen LogP contribution in [-0.4, -0.2) is 24.5 Å². The van der Waals surface area contributed by atoms with Crippen molar-refractivity contribution in [2.24, 2.45) is 0 Å². The van der Waals surface area contributed by atoms with Crippen LogP contribution >= 0.6 is 0 Å². The molecule has 0 fully saturated rings. The van der Waals surface area contributed by atoms with Gasteiger partial charge >= 0.3 is 0 Å². The van der Waals surface area contributed by atoms with Crippen LogP contribution in [0.15, 0.2) is 18.7 Å². The summed E-state index contributed by atoms with van der Waals surface area (Å²) in [4.78, 5) is 4.03. The molecule has 0 aromatic carbocycles. The van der Waals surface area contributed by atoms with Crippen LogP contribution in [-0.2, 0) is 11.0 Å². The van der Waals surface area contributed by atoms with Crippen LogP contribution in [0.4, 0.5) is 0 Å². The lowest BCUT2D eigenvalue weighted by Gasteiger charge is -2.36. The number of hydrogen-bond acceptors (Lipinski definition) is 2. The molecule has 0 amide bonds. The molecule has 17 heavy (non-hydrogen) atoms. The van der Waals surface area contributed by atoms with Gasteiger partial charge in [-0.25, -0.2) is 4.98 Å². The van der Waals surface area contributed by atoms with Crippen LogP contribution < -0.4 is 0 Å². The molecule has 1 aromatic rings. The molecule has 1 rings (SSSR count). The van der Waals surface area contributed by atoms with Crippen LogP contribution in [0.1, 0.15) is 33.6 Å². The molecular formula is C13H26N2OSi. The quantitative estimate of drug-likeness (QED) is 0.572. The third-order valence-electron chi connectivity index (χ3n) is 3.64. The Labute approximate surface area is 106 Å². The number of rotatable bonds is 6. The van der Waals surface area contributed by atoms with E-state index in [1.54, 1.807) is 0 Å². The molecule has 0 saturated heterocycles. The van der Waals surface area contributed by atoms with Crippen molar-refractivity contribution in [3.63, 3.8) is 0 Å². The predicted molar refractivity (Wildman–Crippen MR) is 74.6 cm³/mol. The van der Waals surface area contributed by atoms with E-state index < -0.39 is 8.32 Å². The Morgan fingerprint density at radius 1 is 1.24 bits per heavy atom. The Bertz CT molecular complexity index is 315. The summed E-state index contributed by atoms with van der Waals surface area (Å²) in [6.07, 6.45) is 7.99. The Balaban J connectivity index is 2.16. The number of nitrogens with zero attached hydrogens (tertiary/aromatic N) is 2. The van der Waals surface area contributed by atoms with Gasteiger partial charge in [0.1, 0.15) is 0 Å². The summed E-state index contributed by atoms with van der Waals surface area (Å²) in [5.74, 6) is 0. The van der Waals surface area contributed by atoms with Crippen LogP contribution in [0.3, 0.4) is 0 Å². The first-order valence-electron chi connectivity index (χ1n) is 6.43. The molecule has 3 nitrogen and oxygen atoms in total. The zero-order chi connectivity index (χ0) is 12.9. The molecule has 0 saturated carbocycles. The van der Waals surface area contributed by atoms with Crippen molar-refractivity contribution in [3.05, 3.63) is 18.7 Å². The summed E-state index contributed by atoms with van der Waals surface area (Å²) in [5.41, 5.74) is 0. The molecule has 4 heteroatoms. The highest BCUT2D eigenvalue weighted by Gasteiger charge is 2.36. The maximum Gasteiger partial charge on any atom is 0.191 e. The molecule has 1 heterocycles. The standard InChI is InChI=1S/C13H26N2OSi/c1-13(2,3)17(4,5)16-11-7-6-9-15-10-8-14-12-15/h8,10,12H,6-7,9,11H2,1-5H3. The summed E-state index contributed by atoms with van der Waals surface area (Å²) >= 11 is 0. The molecule has 0 spiro atoms. The minimum Gasteiger partial charge on any atom is -0.417 e. The molecule has 0 aliphatic heterocycles. The zero-order valence-electron chi connectivity index (χ0n) is 11.9. The number of hydrogen-bond donors (Lipinski definition) is 0. The molecule has 98 valence electrons. The Hall–Kier alpha value is -0.613. The highest BCUT2D eigenvalue weighted by atomic mass is 28.4. The lowest BCUT2D eigenvalue weighted by Crippen LogP contribution is -2.40. The first kappa shape index (κ1) is 14.4. The molecule has 0 unspecified atom stereocenters. The van der Waals surface area contributed by atoms with Crippen LogP contribution in [0.25, 0.3) is 0 Å². The van der Waals surface area contributed by atoms with Gasteiger partial charge in [-0.3, -0.25) is 0 Å². The van der Waals surface area contributed by atoms with Crippen molar-refractivity contribution < 1.29 is 4.43 Å². The fraction of sp³-hybridized carbons (Fsp3) is 0.769. The van der Waals surface area contributed by atoms with Crippen LogP contribution in [0.5, 0.6) is 0 Å². The molecule has 0 atom stereocenters. The van der Waals surface area contributed by atoms with E-state index in [4.69, 9.17) is 4.43 Å². The van der Waals surface area contributed by atoms with Crippen molar-refractivity contribution >= 4 is 8.32 Å². The highest BCUT2D eigenvalue weighted by molar-refractivity contribution is 6.74. The molecule has 0 N–H and O–H groups in total. The second kappa shape index (κ2) is 5.82. The van der Waals surface area contributed by atoms with Gasteiger partial charge in [-0.1, -0.05) is 20.8 Å². The van der Waals surface area contributed by atoms with E-state index in [1.807, 2.05) is 18.7 Å². The van der Waals surface area contributed by atoms with Gasteiger partial charge in [0.2, 0.25) is 0 Å². The smallest absolute Gasteiger partial charge is 0.191 e. The van der Waals surface area contributed by atoms with Crippen molar-refractivity contribution in [2.45, 2.75) is 58.3 Å². The van der Waals surface area contributed by atoms with Crippen molar-refractivity contribution in [2.75, 3.05) is 6.61 Å². The van der Waals surface area contributed by atoms with Crippen molar-refractivity contribution in [1.82, 2.24) is 9.55 Å². The lowest BCUT2D eigenvalue weighted by molar-refractivity contribution is 0.276. The predicted octanol–water partition coefficient (Wildman–Crippen LogP) is 3.69. The topological polar surface area (TPSA) is 27.1 Å². The second-order valence-corrected chi connectivity index (χ2v) is 10.9. The zero-order valence-corrected chi connectivity index (χ0v) is 12.9. The van der Waals surface area contributed by atoms with Crippen LogP contribution in [0, 0.1) is 0 Å². The Morgan fingerprint density at radius 3 is 2.47 bits per heavy atom. The highest BCUT2D eigenvalue weighted by Crippen LogP contribution is 2.36. The van der Waals surface area contributed by atoms with Crippen LogP contribution in [0.2, 0.25) is 18.1 Å². The first-order chi connectivity index (χ1) is 7.83. The summed E-state index contributed by atoms with van der Waals surface area (Å²) in [5, 5.41) is 0.317. The summed E-state index contributed by atoms with van der Waals surface area (Å²) in [7, 11) is -1.54. The number of aryl methyl sites for hydroxylation is 1. The average molecular weight is 254 g/mol. The minimum atomic E-state index is -1.54. The Kier molecular flexibility index (Phi) is 4.95. The summed E-state index contributed by atoms with van der Waals surface area (Å²) in [6, 6.07) is 0. The first-order valence-corrected chi connectivity index (χ1v) is 9.33. The molecule has 0 aliphatic carbocycles. The van der Waals surface area contributed by atoms with Crippen molar-refractivity contribution in [3.8, 4) is 0 Å². The minimum absolute atomic E-state index is 0.317. The maximum atomic E-state index is 6.13. The molecule has 0 bridgehead atoms. The van der Waals surface area contributed by atoms with E-state index in [0.29, 0.717) is 5.04 Å². The van der Waals surface area contributed by atoms with E-state index in [0.717, 1.165) is 26.0 Å². The molecule has 1 aromatic heterocycles. The molecule has 0 aliphatic rings. The fourth-order valence-corrected chi connectivity index (χ4v) is 2.45. The van der Waals surface area contributed by atoms with E-state index >= 15 is 0 Å². The normalized spacial score (nSPS) is 13.0. The van der Waals surface area contributed by atoms with Gasteiger partial charge in [0, 0.05) is 25.5 Å². The van der Waals surface area contributed by atoms with Gasteiger partial charge in [-0.05, 0) is 31.0 Å². The van der Waals surface area contributed by atoms with Gasteiger partial charge in [0.15, 0.2) is 8.32 Å². The van der Waals surface area contributed by atoms with E-state index in [1.165, 1.54) is 0 Å². The average Bonchev–Trinajstić information content (AvgIpc) is 2.68. The van der Waals surface area contributed by atoms with Gasteiger partial charge in [0.05, 0.1) is 6.33 Å². The number of unbranched alkanes of at least 4 members (excludes halogenated alkanes) is 1. The second-order valence-electron chi connectivity index (χ2n) is 6.12. The van der Waals surface area contributed by atoms with Crippen molar-refractivity contribution in [1.29, 1.82) is 0 Å². The summed E-state index contributed by atoms with van der Waals surface area (Å²) in [6.45, 7) is 13.4. The van der Waals surface area contributed by atoms with Gasteiger partial charge < -0.3 is 8.99 Å². The third kappa shape index (κ3) is 4.64. The largest absolute Gasteiger partial charge is 0.417 e. The van der Waals surface area contributed by atoms with Gasteiger partial charge in [-0.15, -0.1) is 0 Å². The monoisotopic (exact) mass is 254 g/mol. The fourth-order valence-electron chi connectivity index (χ4n) is 1.36. The Morgan fingerprint density at radius 2 is 1.94 bits per heavy atom. The maximum absolute atomic E-state index is 6.13. The molecular weight excluding hydrogens is 228 g/mol. The third-order valence-corrected chi connectivity index (χ3v) is 8.18. The SMILES string of the molecule is CC(C)(C)[Si](C)(C)OCCCCn1ccnc1. The van der Waals surface area contributed by atoms with E-state index in [2.05, 4.69) is 43.4 Å². The van der Waals surface area contributed by atoms with Gasteiger partial charge in [0.25, 0.3) is 0 Å². The number of aromatic nitrogens is 2.